The molecule has 122 valence electrons. The third-order valence-electron chi connectivity index (χ3n) is 3.99. The predicted octanol–water partition coefficient (Wildman–Crippen LogP) is 6.47. The molecule has 1 aliphatic heterocycles. The SMILES string of the molecule is Oc1c(N=Nc2ccc(Cl)cc2)c2cc(Br)ccc2n1C1CSC1. The van der Waals surface area contributed by atoms with Crippen molar-refractivity contribution in [2.75, 3.05) is 11.5 Å². The molecule has 0 amide bonds. The van der Waals surface area contributed by atoms with Crippen LogP contribution in [0.15, 0.2) is 57.2 Å². The number of fused-ring (bicyclic) bond motifs is 1. The summed E-state index contributed by atoms with van der Waals surface area (Å²) in [5, 5.41) is 20.8. The van der Waals surface area contributed by atoms with Crippen LogP contribution in [0.2, 0.25) is 5.02 Å². The minimum Gasteiger partial charge on any atom is -0.493 e. The molecule has 4 nitrogen and oxygen atoms in total. The molecule has 0 aliphatic carbocycles. The Morgan fingerprint density at radius 2 is 1.88 bits per heavy atom. The number of hydrogen-bond acceptors (Lipinski definition) is 4. The van der Waals surface area contributed by atoms with Crippen LogP contribution in [0.4, 0.5) is 11.4 Å². The van der Waals surface area contributed by atoms with E-state index in [0.29, 0.717) is 22.4 Å². The van der Waals surface area contributed by atoms with E-state index in [4.69, 9.17) is 11.6 Å². The van der Waals surface area contributed by atoms with Gasteiger partial charge < -0.3 is 9.67 Å². The number of rotatable bonds is 3. The Morgan fingerprint density at radius 1 is 1.12 bits per heavy atom. The lowest BCUT2D eigenvalue weighted by Crippen LogP contribution is -2.22. The van der Waals surface area contributed by atoms with Gasteiger partial charge in [-0.2, -0.15) is 16.9 Å². The first-order valence-corrected chi connectivity index (χ1v) is 9.73. The fourth-order valence-electron chi connectivity index (χ4n) is 2.71. The Kier molecular flexibility index (Phi) is 4.28. The van der Waals surface area contributed by atoms with Crippen molar-refractivity contribution in [3.05, 3.63) is 52.0 Å². The first-order chi connectivity index (χ1) is 11.6. The molecule has 0 radical (unpaired) electrons. The van der Waals surface area contributed by atoms with E-state index in [-0.39, 0.29) is 5.88 Å². The van der Waals surface area contributed by atoms with E-state index in [1.54, 1.807) is 24.3 Å². The van der Waals surface area contributed by atoms with Gasteiger partial charge in [0.15, 0.2) is 5.69 Å². The van der Waals surface area contributed by atoms with Gasteiger partial charge in [-0.05, 0) is 42.5 Å². The standard InChI is InChI=1S/C17H13BrClN3OS/c18-10-1-6-15-14(7-10)16(17(23)22(15)13-8-24-9-13)21-20-12-4-2-11(19)3-5-12/h1-7,13,23H,8-9H2. The quantitative estimate of drug-likeness (QED) is 0.492. The van der Waals surface area contributed by atoms with E-state index in [9.17, 15) is 5.11 Å². The lowest BCUT2D eigenvalue weighted by Gasteiger charge is -2.27. The van der Waals surface area contributed by atoms with Gasteiger partial charge in [-0.1, -0.05) is 27.5 Å². The summed E-state index contributed by atoms with van der Waals surface area (Å²) in [5.74, 6) is 2.17. The van der Waals surface area contributed by atoms with Crippen molar-refractivity contribution in [3.8, 4) is 5.88 Å². The van der Waals surface area contributed by atoms with Crippen LogP contribution in [0.5, 0.6) is 5.88 Å². The molecule has 24 heavy (non-hydrogen) atoms. The first-order valence-electron chi connectivity index (χ1n) is 7.41. The maximum Gasteiger partial charge on any atom is 0.221 e. The number of hydrogen-bond donors (Lipinski definition) is 1. The van der Waals surface area contributed by atoms with Crippen LogP contribution in [-0.2, 0) is 0 Å². The monoisotopic (exact) mass is 421 g/mol. The normalized spacial score (nSPS) is 15.2. The highest BCUT2D eigenvalue weighted by molar-refractivity contribution is 9.10. The largest absolute Gasteiger partial charge is 0.493 e. The van der Waals surface area contributed by atoms with Crippen LogP contribution in [0.3, 0.4) is 0 Å². The van der Waals surface area contributed by atoms with Gasteiger partial charge in [0.1, 0.15) is 0 Å². The lowest BCUT2D eigenvalue weighted by atomic mass is 10.2. The van der Waals surface area contributed by atoms with Crippen molar-refractivity contribution >= 4 is 61.6 Å². The topological polar surface area (TPSA) is 49.9 Å². The van der Waals surface area contributed by atoms with Gasteiger partial charge in [0.25, 0.3) is 0 Å². The fraction of sp³-hybridized carbons (Fsp3) is 0.176. The van der Waals surface area contributed by atoms with Crippen LogP contribution in [0.25, 0.3) is 10.9 Å². The van der Waals surface area contributed by atoms with E-state index in [0.717, 1.165) is 26.9 Å². The van der Waals surface area contributed by atoms with Gasteiger partial charge in [0.2, 0.25) is 5.88 Å². The molecule has 0 saturated carbocycles. The van der Waals surface area contributed by atoms with E-state index < -0.39 is 0 Å². The van der Waals surface area contributed by atoms with E-state index >= 15 is 0 Å². The molecular formula is C17H13BrClN3OS. The second-order valence-electron chi connectivity index (χ2n) is 5.57. The minimum absolute atomic E-state index is 0.172. The van der Waals surface area contributed by atoms with E-state index in [1.807, 2.05) is 34.5 Å². The van der Waals surface area contributed by atoms with Crippen molar-refractivity contribution in [2.45, 2.75) is 6.04 Å². The van der Waals surface area contributed by atoms with Crippen LogP contribution < -0.4 is 0 Å². The molecule has 0 atom stereocenters. The molecule has 1 aromatic heterocycles. The predicted molar refractivity (Wildman–Crippen MR) is 103 cm³/mol. The van der Waals surface area contributed by atoms with Crippen molar-refractivity contribution in [2.24, 2.45) is 10.2 Å². The molecule has 1 N–H and O–H groups in total. The Morgan fingerprint density at radius 3 is 2.54 bits per heavy atom. The van der Waals surface area contributed by atoms with Crippen LogP contribution >= 0.6 is 39.3 Å². The number of nitrogens with zero attached hydrogens (tertiary/aromatic N) is 3. The molecule has 0 unspecified atom stereocenters. The summed E-state index contributed by atoms with van der Waals surface area (Å²) in [6, 6.07) is 13.4. The molecule has 3 aromatic rings. The second kappa shape index (κ2) is 6.43. The number of aromatic hydroxyl groups is 1. The van der Waals surface area contributed by atoms with Crippen molar-refractivity contribution in [3.63, 3.8) is 0 Å². The Hall–Kier alpha value is -1.50. The average Bonchev–Trinajstić information content (AvgIpc) is 2.78. The zero-order chi connectivity index (χ0) is 16.7. The van der Waals surface area contributed by atoms with Crippen molar-refractivity contribution in [1.82, 2.24) is 4.57 Å². The molecule has 2 heterocycles. The molecule has 1 saturated heterocycles. The number of halogens is 2. The molecule has 7 heteroatoms. The summed E-state index contributed by atoms with van der Waals surface area (Å²) in [5.41, 5.74) is 2.16. The molecule has 2 aromatic carbocycles. The summed E-state index contributed by atoms with van der Waals surface area (Å²) < 4.78 is 2.91. The van der Waals surface area contributed by atoms with Gasteiger partial charge in [-0.15, -0.1) is 5.11 Å². The first kappa shape index (κ1) is 16.0. The highest BCUT2D eigenvalue weighted by Gasteiger charge is 2.27. The number of aromatic nitrogens is 1. The van der Waals surface area contributed by atoms with E-state index in [1.165, 1.54) is 0 Å². The number of azo groups is 1. The zero-order valence-electron chi connectivity index (χ0n) is 12.5. The smallest absolute Gasteiger partial charge is 0.221 e. The maximum absolute atomic E-state index is 10.7. The summed E-state index contributed by atoms with van der Waals surface area (Å²) in [4.78, 5) is 0. The highest BCUT2D eigenvalue weighted by atomic mass is 79.9. The summed E-state index contributed by atoms with van der Waals surface area (Å²) in [6.07, 6.45) is 0. The number of benzene rings is 2. The maximum atomic E-state index is 10.7. The van der Waals surface area contributed by atoms with Gasteiger partial charge >= 0.3 is 0 Å². The van der Waals surface area contributed by atoms with Gasteiger partial charge in [0.05, 0.1) is 17.2 Å². The fourth-order valence-corrected chi connectivity index (χ4v) is 3.94. The van der Waals surface area contributed by atoms with Crippen molar-refractivity contribution < 1.29 is 5.11 Å². The minimum atomic E-state index is 0.172. The van der Waals surface area contributed by atoms with Crippen LogP contribution in [-0.4, -0.2) is 21.2 Å². The van der Waals surface area contributed by atoms with Crippen LogP contribution in [0, 0.1) is 0 Å². The Labute approximate surface area is 156 Å². The Balaban J connectivity index is 1.83. The summed E-state index contributed by atoms with van der Waals surface area (Å²) in [6.45, 7) is 0. The third-order valence-corrected chi connectivity index (χ3v) is 5.98. The van der Waals surface area contributed by atoms with Crippen molar-refractivity contribution in [1.29, 1.82) is 0 Å². The molecule has 1 aliphatic rings. The summed E-state index contributed by atoms with van der Waals surface area (Å²) in [7, 11) is 0. The molecule has 0 bridgehead atoms. The molecule has 1 fully saturated rings. The van der Waals surface area contributed by atoms with Gasteiger partial charge in [-0.25, -0.2) is 0 Å². The van der Waals surface area contributed by atoms with Crippen LogP contribution in [0.1, 0.15) is 6.04 Å². The third kappa shape index (κ3) is 2.83. The summed E-state index contributed by atoms with van der Waals surface area (Å²) >= 11 is 11.3. The molecule has 4 rings (SSSR count). The lowest BCUT2D eigenvalue weighted by molar-refractivity contribution is 0.406. The molecular weight excluding hydrogens is 410 g/mol. The zero-order valence-corrected chi connectivity index (χ0v) is 15.6. The number of thioether (sulfide) groups is 1. The highest BCUT2D eigenvalue weighted by Crippen LogP contribution is 2.45. The Bertz CT molecular complexity index is 935. The second-order valence-corrected chi connectivity index (χ2v) is 8.00. The van der Waals surface area contributed by atoms with E-state index in [2.05, 4.69) is 26.2 Å². The average molecular weight is 423 g/mol. The van der Waals surface area contributed by atoms with Gasteiger partial charge in [0, 0.05) is 26.4 Å². The van der Waals surface area contributed by atoms with Gasteiger partial charge in [-0.3, -0.25) is 0 Å². The molecule has 0 spiro atoms.